The Morgan fingerprint density at radius 3 is 2.00 bits per heavy atom. The van der Waals surface area contributed by atoms with Crippen molar-refractivity contribution < 1.29 is 26.7 Å². The summed E-state index contributed by atoms with van der Waals surface area (Å²) in [6, 6.07) is 6.32. The van der Waals surface area contributed by atoms with Gasteiger partial charge < -0.3 is 5.11 Å². The maximum Gasteiger partial charge on any atom is 0.347 e. The van der Waals surface area contributed by atoms with E-state index in [0.29, 0.717) is 0 Å². The number of halogens is 2. The summed E-state index contributed by atoms with van der Waals surface area (Å²) in [5, 5.41) is 12.0. The Labute approximate surface area is 183 Å². The Kier molecular flexibility index (Phi) is 6.13. The standard InChI is InChI=1S/C15H10Cl2N2O6S4/c16-8-6-10(18-28(22,23)12-3-5-27-14(12)15(20)21)11(7-9(8)17)19-29(24,25)13-2-1-4-26-13/h1-7,18-19H,(H,20,21). The van der Waals surface area contributed by atoms with Crippen LogP contribution < -0.4 is 9.44 Å². The number of hydrogen-bond acceptors (Lipinski definition) is 7. The van der Waals surface area contributed by atoms with E-state index in [1.54, 1.807) is 11.4 Å². The number of rotatable bonds is 7. The fourth-order valence-corrected chi connectivity index (χ4v) is 6.91. The lowest BCUT2D eigenvalue weighted by Crippen LogP contribution is -2.18. The average Bonchev–Trinajstić information content (AvgIpc) is 3.30. The zero-order valence-corrected chi connectivity index (χ0v) is 18.7. The zero-order valence-electron chi connectivity index (χ0n) is 13.9. The second-order valence-electron chi connectivity index (χ2n) is 5.37. The van der Waals surface area contributed by atoms with Crippen LogP contribution in [-0.2, 0) is 20.0 Å². The summed E-state index contributed by atoms with van der Waals surface area (Å²) in [5.74, 6) is -1.41. The van der Waals surface area contributed by atoms with Gasteiger partial charge in [0.1, 0.15) is 14.0 Å². The van der Waals surface area contributed by atoms with Crippen molar-refractivity contribution in [3.8, 4) is 0 Å². The summed E-state index contributed by atoms with van der Waals surface area (Å²) in [6.07, 6.45) is 0. The number of carboxylic acid groups (broad SMARTS) is 1. The van der Waals surface area contributed by atoms with Crippen molar-refractivity contribution in [2.75, 3.05) is 9.44 Å². The van der Waals surface area contributed by atoms with E-state index in [2.05, 4.69) is 9.44 Å². The van der Waals surface area contributed by atoms with Gasteiger partial charge in [0.05, 0.1) is 21.4 Å². The second-order valence-corrected chi connectivity index (χ2v) is 11.6. The summed E-state index contributed by atoms with van der Waals surface area (Å²) in [4.78, 5) is 10.4. The van der Waals surface area contributed by atoms with Crippen LogP contribution >= 0.6 is 45.9 Å². The van der Waals surface area contributed by atoms with E-state index >= 15 is 0 Å². The Morgan fingerprint density at radius 2 is 1.48 bits per heavy atom. The van der Waals surface area contributed by atoms with Crippen LogP contribution in [0, 0.1) is 0 Å². The monoisotopic (exact) mass is 512 g/mol. The van der Waals surface area contributed by atoms with Crippen LogP contribution in [0.2, 0.25) is 10.0 Å². The Morgan fingerprint density at radius 1 is 0.897 bits per heavy atom. The van der Waals surface area contributed by atoms with Crippen molar-refractivity contribution in [1.82, 2.24) is 0 Å². The number of anilines is 2. The first kappa shape index (κ1) is 21.9. The summed E-state index contributed by atoms with van der Waals surface area (Å²) in [6.45, 7) is 0. The number of aromatic carboxylic acids is 1. The van der Waals surface area contributed by atoms with E-state index in [1.165, 1.54) is 11.4 Å². The lowest BCUT2D eigenvalue weighted by Gasteiger charge is -2.15. The third-order valence-electron chi connectivity index (χ3n) is 3.42. The van der Waals surface area contributed by atoms with Crippen LogP contribution in [0.3, 0.4) is 0 Å². The number of sulfonamides is 2. The third kappa shape index (κ3) is 4.68. The molecule has 0 saturated carbocycles. The highest BCUT2D eigenvalue weighted by molar-refractivity contribution is 7.94. The predicted octanol–water partition coefficient (Wildman–Crippen LogP) is 4.42. The molecule has 0 bridgehead atoms. The molecule has 154 valence electrons. The number of carbonyl (C=O) groups is 1. The predicted molar refractivity (Wildman–Crippen MR) is 114 cm³/mol. The molecular formula is C15H10Cl2N2O6S4. The maximum atomic E-state index is 12.7. The van der Waals surface area contributed by atoms with E-state index in [1.807, 2.05) is 0 Å². The van der Waals surface area contributed by atoms with Gasteiger partial charge in [-0.2, -0.15) is 0 Å². The van der Waals surface area contributed by atoms with Crippen LogP contribution in [0.1, 0.15) is 9.67 Å². The van der Waals surface area contributed by atoms with Crippen molar-refractivity contribution in [2.24, 2.45) is 0 Å². The average molecular weight is 513 g/mol. The molecule has 3 aromatic rings. The summed E-state index contributed by atoms with van der Waals surface area (Å²) < 4.78 is 54.9. The molecule has 29 heavy (non-hydrogen) atoms. The highest BCUT2D eigenvalue weighted by Gasteiger charge is 2.26. The minimum absolute atomic E-state index is 0.00313. The molecule has 2 heterocycles. The van der Waals surface area contributed by atoms with Crippen LogP contribution in [0.4, 0.5) is 11.4 Å². The number of carboxylic acids is 1. The maximum absolute atomic E-state index is 12.7. The Hall–Kier alpha value is -1.83. The van der Waals surface area contributed by atoms with Gasteiger partial charge in [-0.3, -0.25) is 9.44 Å². The lowest BCUT2D eigenvalue weighted by atomic mass is 10.3. The van der Waals surface area contributed by atoms with Crippen LogP contribution in [-0.4, -0.2) is 27.9 Å². The van der Waals surface area contributed by atoms with E-state index in [4.69, 9.17) is 28.3 Å². The number of hydrogen-bond donors (Lipinski definition) is 3. The molecule has 0 aliphatic heterocycles. The van der Waals surface area contributed by atoms with Crippen molar-refractivity contribution in [3.63, 3.8) is 0 Å². The van der Waals surface area contributed by atoms with E-state index < -0.39 is 35.8 Å². The van der Waals surface area contributed by atoms with Crippen LogP contribution in [0.15, 0.2) is 50.2 Å². The molecule has 14 heteroatoms. The van der Waals surface area contributed by atoms with Gasteiger partial charge in [0.25, 0.3) is 20.0 Å². The van der Waals surface area contributed by atoms with Crippen molar-refractivity contribution in [3.05, 3.63) is 56.0 Å². The highest BCUT2D eigenvalue weighted by Crippen LogP contribution is 2.36. The van der Waals surface area contributed by atoms with Gasteiger partial charge in [-0.1, -0.05) is 29.3 Å². The minimum Gasteiger partial charge on any atom is -0.477 e. The molecule has 2 aromatic heterocycles. The minimum atomic E-state index is -4.36. The topological polar surface area (TPSA) is 130 Å². The third-order valence-corrected chi connectivity index (χ3v) is 9.35. The quantitative estimate of drug-likeness (QED) is 0.429. The first-order valence-electron chi connectivity index (χ1n) is 7.40. The lowest BCUT2D eigenvalue weighted by molar-refractivity contribution is 0.0698. The van der Waals surface area contributed by atoms with Gasteiger partial charge in [0, 0.05) is 0 Å². The fourth-order valence-electron chi connectivity index (χ4n) is 2.19. The largest absolute Gasteiger partial charge is 0.477 e. The SMILES string of the molecule is O=C(O)c1sccc1S(=O)(=O)Nc1cc(Cl)c(Cl)cc1NS(=O)(=O)c1cccs1. The van der Waals surface area contributed by atoms with Crippen LogP contribution in [0.5, 0.6) is 0 Å². The molecule has 0 aliphatic carbocycles. The van der Waals surface area contributed by atoms with E-state index in [9.17, 15) is 21.6 Å². The normalized spacial score (nSPS) is 11.9. The fraction of sp³-hybridized carbons (Fsp3) is 0. The zero-order chi connectivity index (χ0) is 21.4. The van der Waals surface area contributed by atoms with E-state index in [-0.39, 0.29) is 25.6 Å². The molecule has 3 rings (SSSR count). The number of nitrogens with one attached hydrogen (secondary N) is 2. The van der Waals surface area contributed by atoms with Crippen LogP contribution in [0.25, 0.3) is 0 Å². The molecule has 3 N–H and O–H groups in total. The van der Waals surface area contributed by atoms with Gasteiger partial charge in [0.2, 0.25) is 0 Å². The first-order chi connectivity index (χ1) is 13.5. The summed E-state index contributed by atoms with van der Waals surface area (Å²) in [7, 11) is -8.37. The molecule has 0 aliphatic rings. The molecule has 0 saturated heterocycles. The molecular weight excluding hydrogens is 503 g/mol. The Bertz CT molecular complexity index is 1280. The smallest absolute Gasteiger partial charge is 0.347 e. The van der Waals surface area contributed by atoms with Gasteiger partial charge in [-0.15, -0.1) is 22.7 Å². The van der Waals surface area contributed by atoms with Crippen molar-refractivity contribution in [2.45, 2.75) is 9.10 Å². The second kappa shape index (κ2) is 8.13. The molecule has 0 radical (unpaired) electrons. The first-order valence-corrected chi connectivity index (χ1v) is 12.9. The number of thiophene rings is 2. The molecule has 0 atom stereocenters. The molecule has 0 fully saturated rings. The highest BCUT2D eigenvalue weighted by atomic mass is 35.5. The molecule has 1 aromatic carbocycles. The molecule has 0 unspecified atom stereocenters. The van der Waals surface area contributed by atoms with Gasteiger partial charge in [-0.25, -0.2) is 21.6 Å². The molecule has 0 spiro atoms. The van der Waals surface area contributed by atoms with Gasteiger partial charge >= 0.3 is 5.97 Å². The number of benzene rings is 1. The van der Waals surface area contributed by atoms with Crippen molar-refractivity contribution >= 4 is 83.3 Å². The summed E-state index contributed by atoms with van der Waals surface area (Å²) in [5.41, 5.74) is -0.398. The van der Waals surface area contributed by atoms with Gasteiger partial charge in [-0.05, 0) is 35.0 Å². The van der Waals surface area contributed by atoms with Gasteiger partial charge in [0.15, 0.2) is 0 Å². The van der Waals surface area contributed by atoms with Crippen molar-refractivity contribution in [1.29, 1.82) is 0 Å². The molecule has 0 amide bonds. The molecule has 8 nitrogen and oxygen atoms in total. The van der Waals surface area contributed by atoms with E-state index in [0.717, 1.165) is 40.9 Å². The summed E-state index contributed by atoms with van der Waals surface area (Å²) >= 11 is 13.6. The Balaban J connectivity index is 2.04.